The number of benzene rings is 3. The molecule has 1 aliphatic heterocycles. The predicted molar refractivity (Wildman–Crippen MR) is 115 cm³/mol. The zero-order chi connectivity index (χ0) is 20.2. The smallest absolute Gasteiger partial charge is 0.258 e. The fourth-order valence-electron chi connectivity index (χ4n) is 3.30. The highest BCUT2D eigenvalue weighted by atomic mass is 32.2. The number of nitrogens with zero attached hydrogens (tertiary/aromatic N) is 2. The summed E-state index contributed by atoms with van der Waals surface area (Å²) in [6, 6.07) is 25.4. The van der Waals surface area contributed by atoms with Gasteiger partial charge >= 0.3 is 0 Å². The Morgan fingerprint density at radius 3 is 1.83 bits per heavy atom. The van der Waals surface area contributed by atoms with Crippen molar-refractivity contribution in [3.63, 3.8) is 0 Å². The molecule has 3 aromatic rings. The zero-order valence-electron chi connectivity index (χ0n) is 15.6. The molecule has 1 fully saturated rings. The molecule has 4 rings (SSSR count). The van der Waals surface area contributed by atoms with Crippen molar-refractivity contribution in [3.8, 4) is 5.75 Å². The van der Waals surface area contributed by atoms with E-state index in [1.54, 1.807) is 36.0 Å². The summed E-state index contributed by atoms with van der Waals surface area (Å²) in [6.07, 6.45) is 0.454. The lowest BCUT2D eigenvalue weighted by molar-refractivity contribution is -0.127. The van der Waals surface area contributed by atoms with Gasteiger partial charge in [0, 0.05) is 4.90 Å². The number of anilines is 2. The van der Waals surface area contributed by atoms with Crippen molar-refractivity contribution in [1.29, 1.82) is 0 Å². The van der Waals surface area contributed by atoms with Crippen molar-refractivity contribution < 1.29 is 14.7 Å². The summed E-state index contributed by atoms with van der Waals surface area (Å²) in [5, 5.41) is 12.4. The van der Waals surface area contributed by atoms with Crippen LogP contribution in [0, 0.1) is 5.92 Å². The van der Waals surface area contributed by atoms with Crippen LogP contribution >= 0.6 is 11.8 Å². The quantitative estimate of drug-likeness (QED) is 0.486. The number of rotatable bonds is 6. The van der Waals surface area contributed by atoms with Crippen LogP contribution in [0.2, 0.25) is 0 Å². The molecule has 3 aromatic carbocycles. The standard InChI is InChI=1S/C23H20N2O3S/c26-19-13-11-18(12-14-19)25-23(28)21(15-16-29-20-9-5-2-6-10-20)22(27)24(25)17-7-3-1-4-8-17/h1-14,21,26H,15-16H2/t21-/m0/s1. The zero-order valence-corrected chi connectivity index (χ0v) is 16.5. The first kappa shape index (κ1) is 19.1. The van der Waals surface area contributed by atoms with E-state index in [1.807, 2.05) is 48.5 Å². The molecule has 29 heavy (non-hydrogen) atoms. The van der Waals surface area contributed by atoms with E-state index in [2.05, 4.69) is 0 Å². The van der Waals surface area contributed by atoms with Crippen molar-refractivity contribution in [2.24, 2.45) is 5.92 Å². The van der Waals surface area contributed by atoms with Gasteiger partial charge in [-0.3, -0.25) is 9.59 Å². The highest BCUT2D eigenvalue weighted by molar-refractivity contribution is 7.99. The van der Waals surface area contributed by atoms with Crippen molar-refractivity contribution in [2.75, 3.05) is 15.8 Å². The van der Waals surface area contributed by atoms with Gasteiger partial charge in [0.2, 0.25) is 0 Å². The second-order valence-electron chi connectivity index (χ2n) is 6.65. The topological polar surface area (TPSA) is 60.9 Å². The summed E-state index contributed by atoms with van der Waals surface area (Å²) >= 11 is 1.63. The highest BCUT2D eigenvalue weighted by Gasteiger charge is 2.46. The molecule has 1 N–H and O–H groups in total. The third-order valence-electron chi connectivity index (χ3n) is 4.73. The van der Waals surface area contributed by atoms with Crippen molar-refractivity contribution in [1.82, 2.24) is 0 Å². The van der Waals surface area contributed by atoms with Crippen molar-refractivity contribution in [3.05, 3.63) is 84.9 Å². The lowest BCUT2D eigenvalue weighted by Gasteiger charge is -2.27. The monoisotopic (exact) mass is 404 g/mol. The molecule has 0 aliphatic carbocycles. The molecular weight excluding hydrogens is 384 g/mol. The Morgan fingerprint density at radius 2 is 1.24 bits per heavy atom. The van der Waals surface area contributed by atoms with E-state index >= 15 is 0 Å². The average Bonchev–Trinajstić information content (AvgIpc) is 3.00. The van der Waals surface area contributed by atoms with Gasteiger partial charge in [-0.1, -0.05) is 36.4 Å². The van der Waals surface area contributed by atoms with Gasteiger partial charge in [-0.2, -0.15) is 0 Å². The van der Waals surface area contributed by atoms with Gasteiger partial charge in [0.1, 0.15) is 11.7 Å². The number of hydrogen-bond donors (Lipinski definition) is 1. The summed E-state index contributed by atoms with van der Waals surface area (Å²) in [4.78, 5) is 27.5. The predicted octanol–water partition coefficient (Wildman–Crippen LogP) is 4.49. The van der Waals surface area contributed by atoms with Gasteiger partial charge in [0.15, 0.2) is 0 Å². The first-order chi connectivity index (χ1) is 14.1. The normalized spacial score (nSPS) is 16.5. The van der Waals surface area contributed by atoms with E-state index in [-0.39, 0.29) is 17.6 Å². The van der Waals surface area contributed by atoms with Gasteiger partial charge in [-0.25, -0.2) is 10.0 Å². The molecular formula is C23H20N2O3S. The summed E-state index contributed by atoms with van der Waals surface area (Å²) < 4.78 is 0. The number of aromatic hydroxyl groups is 1. The Bertz CT molecular complexity index is 994. The molecule has 1 heterocycles. The first-order valence-electron chi connectivity index (χ1n) is 9.35. The maximum absolute atomic E-state index is 13.2. The van der Waals surface area contributed by atoms with Crippen LogP contribution in [-0.2, 0) is 9.59 Å². The van der Waals surface area contributed by atoms with Gasteiger partial charge in [-0.15, -0.1) is 11.8 Å². The Morgan fingerprint density at radius 1 is 0.724 bits per heavy atom. The van der Waals surface area contributed by atoms with E-state index in [0.717, 1.165) is 4.90 Å². The minimum atomic E-state index is -0.736. The third-order valence-corrected chi connectivity index (χ3v) is 5.77. The van der Waals surface area contributed by atoms with Crippen molar-refractivity contribution in [2.45, 2.75) is 11.3 Å². The summed E-state index contributed by atoms with van der Waals surface area (Å²) in [6.45, 7) is 0. The number of phenolic OH excluding ortho intramolecular Hbond substituents is 1. The highest BCUT2D eigenvalue weighted by Crippen LogP contribution is 2.34. The summed E-state index contributed by atoms with van der Waals surface area (Å²) in [5.41, 5.74) is 1.18. The van der Waals surface area contributed by atoms with E-state index in [0.29, 0.717) is 23.5 Å². The fourth-order valence-corrected chi connectivity index (χ4v) is 4.24. The van der Waals surface area contributed by atoms with Crippen LogP contribution in [0.3, 0.4) is 0 Å². The molecule has 6 heteroatoms. The van der Waals surface area contributed by atoms with Crippen molar-refractivity contribution >= 4 is 35.0 Å². The van der Waals surface area contributed by atoms with Crippen LogP contribution in [0.5, 0.6) is 5.75 Å². The van der Waals surface area contributed by atoms with Gasteiger partial charge < -0.3 is 5.11 Å². The second-order valence-corrected chi connectivity index (χ2v) is 7.82. The molecule has 0 spiro atoms. The van der Waals surface area contributed by atoms with Crippen LogP contribution in [0.25, 0.3) is 0 Å². The number of hydrazine groups is 1. The molecule has 146 valence electrons. The number of carbonyl (C=O) groups excluding carboxylic acids is 2. The average molecular weight is 404 g/mol. The van der Waals surface area contributed by atoms with Gasteiger partial charge in [0.05, 0.1) is 11.4 Å². The molecule has 0 unspecified atom stereocenters. The Kier molecular flexibility index (Phi) is 5.53. The lowest BCUT2D eigenvalue weighted by atomic mass is 10.1. The number of amides is 2. The van der Waals surface area contributed by atoms with Gasteiger partial charge in [-0.05, 0) is 60.7 Å². The van der Waals surface area contributed by atoms with Crippen LogP contribution in [0.1, 0.15) is 6.42 Å². The minimum Gasteiger partial charge on any atom is -0.508 e. The summed E-state index contributed by atoms with van der Waals surface area (Å²) in [7, 11) is 0. The molecule has 1 aliphatic rings. The van der Waals surface area contributed by atoms with Crippen LogP contribution in [0.15, 0.2) is 89.8 Å². The minimum absolute atomic E-state index is 0.105. The number of phenols is 1. The number of carbonyl (C=O) groups is 2. The maximum Gasteiger partial charge on any atom is 0.258 e. The molecule has 0 radical (unpaired) electrons. The van der Waals surface area contributed by atoms with E-state index in [1.165, 1.54) is 22.2 Å². The first-order valence-corrected chi connectivity index (χ1v) is 10.3. The lowest BCUT2D eigenvalue weighted by Crippen LogP contribution is -2.41. The summed E-state index contributed by atoms with van der Waals surface area (Å²) in [5.74, 6) is -0.451. The van der Waals surface area contributed by atoms with Crippen LogP contribution in [0.4, 0.5) is 11.4 Å². The Balaban J connectivity index is 1.59. The fraction of sp³-hybridized carbons (Fsp3) is 0.130. The maximum atomic E-state index is 13.2. The number of thioether (sulfide) groups is 1. The third kappa shape index (κ3) is 3.98. The number of para-hydroxylation sites is 1. The largest absolute Gasteiger partial charge is 0.508 e. The molecule has 1 atom stereocenters. The Labute approximate surface area is 173 Å². The Hall–Kier alpha value is -3.25. The van der Waals surface area contributed by atoms with E-state index in [9.17, 15) is 14.7 Å². The molecule has 2 amide bonds. The molecule has 0 aromatic heterocycles. The molecule has 1 saturated heterocycles. The SMILES string of the molecule is O=C1[C@H](CCSc2ccccc2)C(=O)N(c2ccc(O)cc2)N1c1ccccc1. The van der Waals surface area contributed by atoms with Crippen LogP contribution in [-0.4, -0.2) is 22.7 Å². The van der Waals surface area contributed by atoms with Crippen LogP contribution < -0.4 is 10.0 Å². The van der Waals surface area contributed by atoms with E-state index < -0.39 is 5.92 Å². The molecule has 0 saturated carbocycles. The second kappa shape index (κ2) is 8.41. The number of hydrogen-bond acceptors (Lipinski definition) is 4. The van der Waals surface area contributed by atoms with E-state index in [4.69, 9.17) is 0 Å². The molecule has 5 nitrogen and oxygen atoms in total. The molecule has 0 bridgehead atoms. The van der Waals surface area contributed by atoms with Gasteiger partial charge in [0.25, 0.3) is 11.8 Å².